The number of likely N-dealkylation sites (N-methyl/N-ethyl adjacent to an activating group) is 1. The number of anilines is 1. The van der Waals surface area contributed by atoms with Crippen LogP contribution in [-0.2, 0) is 11.2 Å². The second kappa shape index (κ2) is 10.3. The number of hydrogen-bond donors (Lipinski definition) is 1. The molecular weight excluding hydrogens is 418 g/mol. The third-order valence-corrected chi connectivity index (χ3v) is 6.53. The van der Waals surface area contributed by atoms with E-state index in [1.807, 2.05) is 42.2 Å². The number of hydrogen-bond acceptors (Lipinski definition) is 6. The molecule has 3 heterocycles. The van der Waals surface area contributed by atoms with Crippen LogP contribution in [0.15, 0.2) is 61.2 Å². The zero-order chi connectivity index (χ0) is 22.3. The molecule has 0 fully saturated rings. The molecule has 6 nitrogen and oxygen atoms in total. The number of nitrogens with one attached hydrogen (secondary N) is 1. The maximum Gasteiger partial charge on any atom is 0.224 e. The summed E-state index contributed by atoms with van der Waals surface area (Å²) in [6, 6.07) is 14.3. The topological polar surface area (TPSA) is 71.0 Å². The lowest BCUT2D eigenvalue weighted by molar-refractivity contribution is -0.130. The lowest BCUT2D eigenvalue weighted by atomic mass is 10.0. The molecule has 0 aliphatic carbocycles. The number of benzene rings is 1. The van der Waals surface area contributed by atoms with Crippen LogP contribution in [-0.4, -0.2) is 45.4 Å². The van der Waals surface area contributed by atoms with Crippen LogP contribution in [0.5, 0.6) is 0 Å². The van der Waals surface area contributed by atoms with E-state index in [9.17, 15) is 4.79 Å². The van der Waals surface area contributed by atoms with Gasteiger partial charge in [-0.2, -0.15) is 0 Å². The third-order valence-electron chi connectivity index (χ3n) is 5.51. The maximum absolute atomic E-state index is 12.8. The Morgan fingerprint density at radius 3 is 2.62 bits per heavy atom. The Balaban J connectivity index is 1.43. The molecule has 0 spiro atoms. The molecule has 0 atom stereocenters. The molecule has 0 radical (unpaired) electrons. The van der Waals surface area contributed by atoms with Crippen molar-refractivity contribution in [1.82, 2.24) is 19.9 Å². The molecule has 7 heteroatoms. The highest BCUT2D eigenvalue weighted by Gasteiger charge is 2.17. The van der Waals surface area contributed by atoms with Gasteiger partial charge in [-0.05, 0) is 43.5 Å². The number of pyridine rings is 1. The highest BCUT2D eigenvalue weighted by molar-refractivity contribution is 7.19. The van der Waals surface area contributed by atoms with Gasteiger partial charge in [0.25, 0.3) is 0 Å². The van der Waals surface area contributed by atoms with Crippen molar-refractivity contribution in [2.75, 3.05) is 25.0 Å². The molecule has 4 aromatic rings. The van der Waals surface area contributed by atoms with Crippen molar-refractivity contribution < 1.29 is 4.79 Å². The standard InChI is InChI=1S/C25H27N5OS/c1-3-30(16-12-19-9-13-26-14-10-19)21(31)11-15-27-24-23-22(20-7-5-4-6-8-20)18(2)32-25(23)29-17-28-24/h4-10,13-14,17H,3,11-12,15-16H2,1-2H3,(H,27,28,29). The summed E-state index contributed by atoms with van der Waals surface area (Å²) in [5.41, 5.74) is 3.50. The minimum absolute atomic E-state index is 0.143. The van der Waals surface area contributed by atoms with Crippen LogP contribution in [0.25, 0.3) is 21.3 Å². The Labute approximate surface area is 192 Å². The Bertz CT molecular complexity index is 1180. The summed E-state index contributed by atoms with van der Waals surface area (Å²) in [5.74, 6) is 0.926. The number of aromatic nitrogens is 3. The third kappa shape index (κ3) is 4.94. The number of aryl methyl sites for hydroxylation is 1. The molecule has 4 rings (SSSR count). The predicted molar refractivity (Wildman–Crippen MR) is 131 cm³/mol. The molecule has 0 aliphatic rings. The van der Waals surface area contributed by atoms with E-state index in [2.05, 4.69) is 39.3 Å². The van der Waals surface area contributed by atoms with E-state index in [4.69, 9.17) is 0 Å². The lowest BCUT2D eigenvalue weighted by Crippen LogP contribution is -2.33. The van der Waals surface area contributed by atoms with Crippen LogP contribution >= 0.6 is 11.3 Å². The lowest BCUT2D eigenvalue weighted by Gasteiger charge is -2.21. The van der Waals surface area contributed by atoms with Gasteiger partial charge >= 0.3 is 0 Å². The van der Waals surface area contributed by atoms with Crippen LogP contribution in [0.4, 0.5) is 5.82 Å². The predicted octanol–water partition coefficient (Wildman–Crippen LogP) is 4.95. The quantitative estimate of drug-likeness (QED) is 0.394. The van der Waals surface area contributed by atoms with Crippen LogP contribution in [0, 0.1) is 6.92 Å². The molecule has 1 amide bonds. The molecule has 0 bridgehead atoms. The number of nitrogens with zero attached hydrogens (tertiary/aromatic N) is 4. The number of thiophene rings is 1. The molecule has 0 aliphatic heterocycles. The number of carbonyl (C=O) groups excluding carboxylic acids is 1. The summed E-state index contributed by atoms with van der Waals surface area (Å²) < 4.78 is 0. The van der Waals surface area contributed by atoms with Crippen LogP contribution in [0.1, 0.15) is 23.8 Å². The summed E-state index contributed by atoms with van der Waals surface area (Å²) in [4.78, 5) is 29.9. The van der Waals surface area contributed by atoms with Gasteiger partial charge in [0.1, 0.15) is 17.0 Å². The van der Waals surface area contributed by atoms with Gasteiger partial charge in [-0.25, -0.2) is 9.97 Å². The average molecular weight is 446 g/mol. The summed E-state index contributed by atoms with van der Waals surface area (Å²) in [6.45, 7) is 6.07. The van der Waals surface area contributed by atoms with E-state index in [1.165, 1.54) is 10.4 Å². The Morgan fingerprint density at radius 2 is 1.88 bits per heavy atom. The van der Waals surface area contributed by atoms with Crippen LogP contribution in [0.2, 0.25) is 0 Å². The molecule has 164 valence electrons. The van der Waals surface area contributed by atoms with Gasteiger partial charge in [-0.1, -0.05) is 30.3 Å². The maximum atomic E-state index is 12.8. The highest BCUT2D eigenvalue weighted by atomic mass is 32.1. The van der Waals surface area contributed by atoms with Gasteiger partial charge in [-0.15, -0.1) is 11.3 Å². The number of amides is 1. The van der Waals surface area contributed by atoms with Crippen molar-refractivity contribution in [2.45, 2.75) is 26.7 Å². The molecular formula is C25H27N5OS. The zero-order valence-electron chi connectivity index (χ0n) is 18.4. The van der Waals surface area contributed by atoms with E-state index in [0.29, 0.717) is 26.1 Å². The molecule has 0 saturated heterocycles. The van der Waals surface area contributed by atoms with E-state index in [1.54, 1.807) is 30.1 Å². The first-order chi connectivity index (χ1) is 15.7. The zero-order valence-corrected chi connectivity index (χ0v) is 19.2. The van der Waals surface area contributed by atoms with E-state index >= 15 is 0 Å². The first-order valence-corrected chi connectivity index (χ1v) is 11.7. The SMILES string of the molecule is CCN(CCc1ccncc1)C(=O)CCNc1ncnc2sc(C)c(-c3ccccc3)c12. The summed E-state index contributed by atoms with van der Waals surface area (Å²) in [7, 11) is 0. The normalized spacial score (nSPS) is 10.9. The van der Waals surface area contributed by atoms with Crippen LogP contribution in [0.3, 0.4) is 0 Å². The number of fused-ring (bicyclic) bond motifs is 1. The minimum atomic E-state index is 0.143. The monoisotopic (exact) mass is 445 g/mol. The van der Waals surface area contributed by atoms with Gasteiger partial charge in [0, 0.05) is 48.9 Å². The fraction of sp³-hybridized carbons (Fsp3) is 0.280. The van der Waals surface area contributed by atoms with Crippen molar-refractivity contribution in [3.8, 4) is 11.1 Å². The molecule has 0 unspecified atom stereocenters. The second-order valence-electron chi connectivity index (χ2n) is 7.56. The van der Waals surface area contributed by atoms with Gasteiger partial charge in [0.15, 0.2) is 0 Å². The van der Waals surface area contributed by atoms with Crippen molar-refractivity contribution in [3.05, 3.63) is 71.6 Å². The largest absolute Gasteiger partial charge is 0.369 e. The van der Waals surface area contributed by atoms with Gasteiger partial charge in [0.2, 0.25) is 5.91 Å². The molecule has 1 N–H and O–H groups in total. The Hall–Kier alpha value is -3.32. The van der Waals surface area contributed by atoms with Crippen molar-refractivity contribution in [3.63, 3.8) is 0 Å². The van der Waals surface area contributed by atoms with E-state index in [0.717, 1.165) is 33.6 Å². The summed E-state index contributed by atoms with van der Waals surface area (Å²) in [5, 5.41) is 4.42. The van der Waals surface area contributed by atoms with Crippen molar-refractivity contribution >= 4 is 33.3 Å². The van der Waals surface area contributed by atoms with Gasteiger partial charge in [0.05, 0.1) is 5.39 Å². The number of rotatable bonds is 9. The fourth-order valence-electron chi connectivity index (χ4n) is 3.85. The fourth-order valence-corrected chi connectivity index (χ4v) is 4.86. The first-order valence-electron chi connectivity index (χ1n) is 10.9. The highest BCUT2D eigenvalue weighted by Crippen LogP contribution is 2.40. The molecule has 3 aromatic heterocycles. The summed E-state index contributed by atoms with van der Waals surface area (Å²) >= 11 is 1.67. The molecule has 0 saturated carbocycles. The van der Waals surface area contributed by atoms with E-state index in [-0.39, 0.29) is 5.91 Å². The van der Waals surface area contributed by atoms with E-state index < -0.39 is 0 Å². The average Bonchev–Trinajstić information content (AvgIpc) is 3.17. The first kappa shape index (κ1) is 21.9. The van der Waals surface area contributed by atoms with Gasteiger partial charge in [-0.3, -0.25) is 9.78 Å². The molecule has 1 aromatic carbocycles. The minimum Gasteiger partial charge on any atom is -0.369 e. The Kier molecular flexibility index (Phi) is 7.07. The number of carbonyl (C=O) groups is 1. The molecule has 32 heavy (non-hydrogen) atoms. The Morgan fingerprint density at radius 1 is 1.09 bits per heavy atom. The van der Waals surface area contributed by atoms with Crippen molar-refractivity contribution in [2.24, 2.45) is 0 Å². The van der Waals surface area contributed by atoms with Gasteiger partial charge < -0.3 is 10.2 Å². The van der Waals surface area contributed by atoms with Crippen LogP contribution < -0.4 is 5.32 Å². The second-order valence-corrected chi connectivity index (χ2v) is 8.76. The smallest absolute Gasteiger partial charge is 0.224 e. The summed E-state index contributed by atoms with van der Waals surface area (Å²) in [6.07, 6.45) is 6.41. The van der Waals surface area contributed by atoms with Crippen molar-refractivity contribution in [1.29, 1.82) is 0 Å².